The summed E-state index contributed by atoms with van der Waals surface area (Å²) in [6, 6.07) is 0. The summed E-state index contributed by atoms with van der Waals surface area (Å²) >= 11 is 0. The van der Waals surface area contributed by atoms with Crippen molar-refractivity contribution in [3.8, 4) is 0 Å². The Morgan fingerprint density at radius 3 is 2.24 bits per heavy atom. The molecule has 0 fully saturated rings. The molecule has 1 aliphatic rings. The van der Waals surface area contributed by atoms with Crippen molar-refractivity contribution in [2.45, 2.75) is 24.0 Å². The third-order valence-corrected chi connectivity index (χ3v) is 4.41. The Morgan fingerprint density at radius 2 is 1.82 bits per heavy atom. The van der Waals surface area contributed by atoms with E-state index in [0.29, 0.717) is 0 Å². The molecule has 1 atom stereocenters. The Morgan fingerprint density at radius 1 is 1.18 bits per heavy atom. The molecular weight excluding hydrogens is 270 g/mol. The first kappa shape index (κ1) is 14.3. The van der Waals surface area contributed by atoms with Gasteiger partial charge in [0.05, 0.1) is 18.2 Å². The van der Waals surface area contributed by atoms with Crippen LogP contribution >= 0.6 is 0 Å². The first-order valence-corrected chi connectivity index (χ1v) is 7.70. The van der Waals surface area contributed by atoms with Crippen LogP contribution < -0.4 is 0 Å². The summed E-state index contributed by atoms with van der Waals surface area (Å²) in [7, 11) is -8.47. The van der Waals surface area contributed by atoms with Gasteiger partial charge in [0.1, 0.15) is 0 Å². The molecular formula is C8H11NO6S2. The summed E-state index contributed by atoms with van der Waals surface area (Å²) in [6.45, 7) is 0. The lowest BCUT2D eigenvalue weighted by molar-refractivity contribution is 0.458. The van der Waals surface area contributed by atoms with E-state index in [1.165, 1.54) is 0 Å². The van der Waals surface area contributed by atoms with Crippen LogP contribution in [0.1, 0.15) is 19.3 Å². The van der Waals surface area contributed by atoms with Crippen LogP contribution in [0.2, 0.25) is 0 Å². The minimum atomic E-state index is -4.41. The van der Waals surface area contributed by atoms with E-state index in [2.05, 4.69) is 17.4 Å². The van der Waals surface area contributed by atoms with Gasteiger partial charge in [0.25, 0.3) is 20.2 Å². The zero-order valence-corrected chi connectivity index (χ0v) is 10.3. The van der Waals surface area contributed by atoms with Gasteiger partial charge in [0, 0.05) is 0 Å². The molecule has 96 valence electrons. The van der Waals surface area contributed by atoms with Crippen LogP contribution in [-0.4, -0.2) is 42.7 Å². The Balaban J connectivity index is 2.61. The second-order valence-electron chi connectivity index (χ2n) is 3.60. The monoisotopic (exact) mass is 281 g/mol. The molecule has 2 radical (unpaired) electrons. The Labute approximate surface area is 99.8 Å². The molecule has 0 aromatic carbocycles. The summed E-state index contributed by atoms with van der Waals surface area (Å²) in [5.41, 5.74) is 0. The summed E-state index contributed by atoms with van der Waals surface area (Å²) in [6.07, 6.45) is 5.71. The van der Waals surface area contributed by atoms with Crippen LogP contribution in [0.25, 0.3) is 0 Å². The van der Waals surface area contributed by atoms with Crippen LogP contribution in [-0.2, 0) is 20.2 Å². The molecule has 2 N–H and O–H groups in total. The predicted octanol–water partition coefficient (Wildman–Crippen LogP) is -0.0506. The smallest absolute Gasteiger partial charge is 0.280 e. The van der Waals surface area contributed by atoms with Crippen LogP contribution in [0.3, 0.4) is 0 Å². The Kier molecular flexibility index (Phi) is 4.07. The maximum Gasteiger partial charge on any atom is 0.280 e. The third-order valence-electron chi connectivity index (χ3n) is 2.27. The van der Waals surface area contributed by atoms with Crippen molar-refractivity contribution in [2.24, 2.45) is 4.99 Å². The molecule has 0 aromatic rings. The van der Waals surface area contributed by atoms with Crippen molar-refractivity contribution in [3.63, 3.8) is 0 Å². The Bertz CT molecular complexity index is 518. The number of unbranched alkanes of at least 4 members (excludes halogenated alkanes) is 1. The molecule has 0 spiro atoms. The van der Waals surface area contributed by atoms with E-state index < -0.39 is 30.7 Å². The van der Waals surface area contributed by atoms with Gasteiger partial charge in [-0.3, -0.25) is 9.11 Å². The van der Waals surface area contributed by atoms with E-state index in [4.69, 9.17) is 9.11 Å². The number of hydrogen-bond donors (Lipinski definition) is 2. The van der Waals surface area contributed by atoms with Crippen LogP contribution in [0, 0.1) is 6.20 Å². The number of rotatable bonds is 6. The van der Waals surface area contributed by atoms with Crippen molar-refractivity contribution < 1.29 is 25.9 Å². The predicted molar refractivity (Wildman–Crippen MR) is 59.8 cm³/mol. The fraction of sp³-hybridized carbons (Fsp3) is 0.625. The topological polar surface area (TPSA) is 121 Å². The van der Waals surface area contributed by atoms with E-state index in [9.17, 15) is 16.8 Å². The van der Waals surface area contributed by atoms with E-state index in [1.807, 2.05) is 0 Å². The average Bonchev–Trinajstić information content (AvgIpc) is 2.59. The van der Waals surface area contributed by atoms with Crippen molar-refractivity contribution >= 4 is 26.5 Å². The summed E-state index contributed by atoms with van der Waals surface area (Å²) in [4.78, 5) is 3.37. The highest BCUT2D eigenvalue weighted by Crippen LogP contribution is 2.26. The molecule has 1 heterocycles. The normalized spacial score (nSPS) is 24.4. The number of aliphatic imine (C=N–C) groups is 1. The highest BCUT2D eigenvalue weighted by molar-refractivity contribution is 7.88. The largest absolute Gasteiger partial charge is 0.286 e. The van der Waals surface area contributed by atoms with Crippen molar-refractivity contribution in [2.75, 3.05) is 5.75 Å². The van der Waals surface area contributed by atoms with Gasteiger partial charge in [0.2, 0.25) is 0 Å². The minimum Gasteiger partial charge on any atom is -0.286 e. The number of hydrogen-bond acceptors (Lipinski definition) is 5. The molecule has 0 bridgehead atoms. The molecule has 0 saturated heterocycles. The molecule has 1 unspecified atom stereocenters. The van der Waals surface area contributed by atoms with E-state index >= 15 is 0 Å². The molecule has 1 rings (SSSR count). The quantitative estimate of drug-likeness (QED) is 0.520. The SMILES string of the molecule is O=S(=O)(O)CCCCC1(S(=O)(=O)O)[C]=N[C]=C1. The summed E-state index contributed by atoms with van der Waals surface area (Å²) < 4.78 is 58.9. The van der Waals surface area contributed by atoms with E-state index in [1.54, 1.807) is 0 Å². The lowest BCUT2D eigenvalue weighted by Crippen LogP contribution is -2.36. The lowest BCUT2D eigenvalue weighted by Gasteiger charge is -2.18. The van der Waals surface area contributed by atoms with E-state index in [0.717, 1.165) is 6.08 Å². The van der Waals surface area contributed by atoms with E-state index in [-0.39, 0.29) is 19.3 Å². The zero-order chi connectivity index (χ0) is 13.2. The lowest BCUT2D eigenvalue weighted by atomic mass is 10.0. The van der Waals surface area contributed by atoms with Crippen LogP contribution in [0.5, 0.6) is 0 Å². The average molecular weight is 281 g/mol. The molecule has 17 heavy (non-hydrogen) atoms. The first-order valence-electron chi connectivity index (χ1n) is 4.65. The fourth-order valence-electron chi connectivity index (χ4n) is 1.36. The summed E-state index contributed by atoms with van der Waals surface area (Å²) in [5, 5.41) is 0. The molecule has 0 aromatic heterocycles. The van der Waals surface area contributed by atoms with Gasteiger partial charge in [-0.15, -0.1) is 0 Å². The second-order valence-corrected chi connectivity index (χ2v) is 6.86. The highest BCUT2D eigenvalue weighted by Gasteiger charge is 2.41. The van der Waals surface area contributed by atoms with Gasteiger partial charge < -0.3 is 0 Å². The maximum atomic E-state index is 11.1. The first-order chi connectivity index (χ1) is 7.66. The van der Waals surface area contributed by atoms with Crippen molar-refractivity contribution in [1.29, 1.82) is 0 Å². The minimum absolute atomic E-state index is 0.0716. The zero-order valence-electron chi connectivity index (χ0n) is 8.70. The third kappa shape index (κ3) is 3.87. The second kappa shape index (κ2) is 4.84. The highest BCUT2D eigenvalue weighted by atomic mass is 32.2. The van der Waals surface area contributed by atoms with Crippen molar-refractivity contribution in [1.82, 2.24) is 0 Å². The maximum absolute atomic E-state index is 11.1. The van der Waals surface area contributed by atoms with Gasteiger partial charge in [-0.1, -0.05) is 0 Å². The van der Waals surface area contributed by atoms with Gasteiger partial charge >= 0.3 is 0 Å². The summed E-state index contributed by atoms with van der Waals surface area (Å²) in [5.74, 6) is -0.459. The van der Waals surface area contributed by atoms with Crippen LogP contribution in [0.15, 0.2) is 11.1 Å². The van der Waals surface area contributed by atoms with Crippen molar-refractivity contribution in [3.05, 3.63) is 12.3 Å². The molecule has 9 heteroatoms. The Hall–Kier alpha value is -0.770. The van der Waals surface area contributed by atoms with Gasteiger partial charge in [-0.25, -0.2) is 4.99 Å². The molecule has 0 amide bonds. The molecule has 0 aliphatic carbocycles. The molecule has 0 saturated carbocycles. The van der Waals surface area contributed by atoms with Crippen LogP contribution in [0.4, 0.5) is 0 Å². The molecule has 1 aliphatic heterocycles. The van der Waals surface area contributed by atoms with Gasteiger partial charge in [-0.2, -0.15) is 16.8 Å². The fourth-order valence-corrected chi connectivity index (χ4v) is 2.69. The standard InChI is InChI=1S/C8H11NO6S2/c10-16(11,12)6-2-1-3-8(17(13,14)15)4-5-9-7-8/h4H,1-3,6H2,(H,10,11,12)(H,13,14,15). The van der Waals surface area contributed by atoms with Gasteiger partial charge in [0.15, 0.2) is 4.75 Å². The number of nitrogens with zero attached hydrogens (tertiary/aromatic N) is 1. The van der Waals surface area contributed by atoms with Gasteiger partial charge in [-0.05, 0) is 25.3 Å². The molecule has 7 nitrogen and oxygen atoms in total.